The number of carbonyl (C=O) groups is 1. The molecule has 4 nitrogen and oxygen atoms in total. The van der Waals surface area contributed by atoms with Gasteiger partial charge in [0.1, 0.15) is 0 Å². The number of hydrogen-bond acceptors (Lipinski definition) is 3. The van der Waals surface area contributed by atoms with Crippen LogP contribution in [-0.2, 0) is 4.79 Å². The number of amides is 1. The van der Waals surface area contributed by atoms with E-state index < -0.39 is 0 Å². The molecule has 1 unspecified atom stereocenters. The van der Waals surface area contributed by atoms with E-state index in [0.29, 0.717) is 6.54 Å². The van der Waals surface area contributed by atoms with Crippen LogP contribution in [-0.4, -0.2) is 36.5 Å². The molecular formula is C11H23N3O. The van der Waals surface area contributed by atoms with Crippen LogP contribution in [0.15, 0.2) is 0 Å². The van der Waals surface area contributed by atoms with E-state index >= 15 is 0 Å². The molecule has 0 aromatic carbocycles. The van der Waals surface area contributed by atoms with E-state index in [0.717, 1.165) is 32.4 Å². The molecule has 0 radical (unpaired) electrons. The van der Waals surface area contributed by atoms with Gasteiger partial charge in [0.15, 0.2) is 0 Å². The lowest BCUT2D eigenvalue weighted by atomic mass is 9.87. The van der Waals surface area contributed by atoms with E-state index in [1.165, 1.54) is 0 Å². The maximum absolute atomic E-state index is 11.0. The van der Waals surface area contributed by atoms with Crippen LogP contribution in [0.5, 0.6) is 0 Å². The fourth-order valence-electron chi connectivity index (χ4n) is 1.89. The van der Waals surface area contributed by atoms with E-state index in [2.05, 4.69) is 18.7 Å². The Morgan fingerprint density at radius 3 is 2.60 bits per heavy atom. The molecule has 15 heavy (non-hydrogen) atoms. The van der Waals surface area contributed by atoms with Gasteiger partial charge in [-0.2, -0.15) is 0 Å². The van der Waals surface area contributed by atoms with Crippen LogP contribution in [0, 0.1) is 5.41 Å². The summed E-state index contributed by atoms with van der Waals surface area (Å²) in [6.45, 7) is 7.04. The maximum atomic E-state index is 11.0. The molecule has 1 amide bonds. The number of carbonyl (C=O) groups excluding carboxylic acids is 1. The van der Waals surface area contributed by atoms with Crippen LogP contribution in [0.1, 0.15) is 33.1 Å². The summed E-state index contributed by atoms with van der Waals surface area (Å²) in [6, 6.07) is -0.00834. The lowest BCUT2D eigenvalue weighted by molar-refractivity contribution is -0.127. The van der Waals surface area contributed by atoms with Gasteiger partial charge in [0.25, 0.3) is 0 Å². The average molecular weight is 213 g/mol. The Morgan fingerprint density at radius 1 is 1.53 bits per heavy atom. The summed E-state index contributed by atoms with van der Waals surface area (Å²) in [6.07, 6.45) is 3.12. The van der Waals surface area contributed by atoms with Crippen molar-refractivity contribution in [2.45, 2.75) is 39.2 Å². The fraction of sp³-hybridized carbons (Fsp3) is 0.909. The molecule has 4 heteroatoms. The third kappa shape index (κ3) is 3.47. The highest BCUT2D eigenvalue weighted by atomic mass is 16.1. The van der Waals surface area contributed by atoms with Crippen LogP contribution in [0.25, 0.3) is 0 Å². The first-order valence-corrected chi connectivity index (χ1v) is 5.70. The number of nitrogens with zero attached hydrogens (tertiary/aromatic N) is 1. The number of rotatable bonds is 6. The highest BCUT2D eigenvalue weighted by Gasteiger charge is 2.31. The van der Waals surface area contributed by atoms with Crippen LogP contribution in [0.2, 0.25) is 0 Å². The van der Waals surface area contributed by atoms with E-state index in [1.54, 1.807) is 0 Å². The topological polar surface area (TPSA) is 72.3 Å². The second kappa shape index (κ2) is 4.94. The molecule has 0 aliphatic carbocycles. The summed E-state index contributed by atoms with van der Waals surface area (Å²) >= 11 is 0. The van der Waals surface area contributed by atoms with Crippen LogP contribution < -0.4 is 11.5 Å². The maximum Gasteiger partial charge on any atom is 0.234 e. The number of nitrogens with two attached hydrogens (primary N) is 2. The highest BCUT2D eigenvalue weighted by molar-refractivity contribution is 5.80. The molecule has 1 saturated heterocycles. The summed E-state index contributed by atoms with van der Waals surface area (Å²) in [5.74, 6) is -0.181. The highest BCUT2D eigenvalue weighted by Crippen LogP contribution is 2.23. The number of primary amides is 1. The minimum absolute atomic E-state index is 0.00834. The van der Waals surface area contributed by atoms with Crippen molar-refractivity contribution in [3.05, 3.63) is 0 Å². The monoisotopic (exact) mass is 213 g/mol. The van der Waals surface area contributed by atoms with Crippen LogP contribution >= 0.6 is 0 Å². The Labute approximate surface area is 92.0 Å². The Hall–Kier alpha value is -0.610. The summed E-state index contributed by atoms with van der Waals surface area (Å²) < 4.78 is 0. The van der Waals surface area contributed by atoms with Crippen molar-refractivity contribution in [3.63, 3.8) is 0 Å². The minimum atomic E-state index is -0.181. The van der Waals surface area contributed by atoms with Gasteiger partial charge in [-0.05, 0) is 37.8 Å². The van der Waals surface area contributed by atoms with Crippen molar-refractivity contribution in [1.82, 2.24) is 4.90 Å². The summed E-state index contributed by atoms with van der Waals surface area (Å²) in [5.41, 5.74) is 11.1. The summed E-state index contributed by atoms with van der Waals surface area (Å²) in [5, 5.41) is 0. The van der Waals surface area contributed by atoms with E-state index in [4.69, 9.17) is 11.5 Å². The Balaban J connectivity index is 2.19. The molecule has 0 bridgehead atoms. The number of hydrogen-bond donors (Lipinski definition) is 2. The van der Waals surface area contributed by atoms with Gasteiger partial charge in [0, 0.05) is 6.54 Å². The molecule has 1 heterocycles. The van der Waals surface area contributed by atoms with Gasteiger partial charge in [0.05, 0.1) is 6.04 Å². The second-order valence-electron chi connectivity index (χ2n) is 5.21. The van der Waals surface area contributed by atoms with Gasteiger partial charge < -0.3 is 11.5 Å². The van der Waals surface area contributed by atoms with Crippen LogP contribution in [0.4, 0.5) is 0 Å². The first-order valence-electron chi connectivity index (χ1n) is 5.70. The Kier molecular flexibility index (Phi) is 4.11. The molecular weight excluding hydrogens is 190 g/mol. The largest absolute Gasteiger partial charge is 0.368 e. The third-order valence-corrected chi connectivity index (χ3v) is 3.31. The molecule has 1 atom stereocenters. The number of likely N-dealkylation sites (tertiary alicyclic amines) is 1. The smallest absolute Gasteiger partial charge is 0.234 e. The summed E-state index contributed by atoms with van der Waals surface area (Å²) in [4.78, 5) is 13.1. The standard InChI is InChI=1S/C11H23N3O/c1-11(2,8-12)5-3-6-14-7-4-9(14)10(13)15/h9H,3-8,12H2,1-2H3,(H2,13,15). The van der Waals surface area contributed by atoms with Crippen molar-refractivity contribution >= 4 is 5.91 Å². The molecule has 1 rings (SSSR count). The van der Waals surface area contributed by atoms with Crippen molar-refractivity contribution < 1.29 is 4.79 Å². The lowest BCUT2D eigenvalue weighted by Crippen LogP contribution is -2.55. The van der Waals surface area contributed by atoms with Gasteiger partial charge in [-0.1, -0.05) is 13.8 Å². The molecule has 0 aromatic rings. The quantitative estimate of drug-likeness (QED) is 0.667. The third-order valence-electron chi connectivity index (χ3n) is 3.31. The zero-order valence-electron chi connectivity index (χ0n) is 9.83. The molecule has 1 fully saturated rings. The van der Waals surface area contributed by atoms with Gasteiger partial charge >= 0.3 is 0 Å². The first kappa shape index (κ1) is 12.5. The van der Waals surface area contributed by atoms with E-state index in [9.17, 15) is 4.79 Å². The first-order chi connectivity index (χ1) is 6.96. The van der Waals surface area contributed by atoms with Crippen molar-refractivity contribution in [3.8, 4) is 0 Å². The van der Waals surface area contributed by atoms with Gasteiger partial charge in [-0.3, -0.25) is 9.69 Å². The molecule has 4 N–H and O–H groups in total. The van der Waals surface area contributed by atoms with E-state index in [-0.39, 0.29) is 17.4 Å². The molecule has 0 saturated carbocycles. The fourth-order valence-corrected chi connectivity index (χ4v) is 1.89. The average Bonchev–Trinajstić information content (AvgIpc) is 2.09. The lowest BCUT2D eigenvalue weighted by Gasteiger charge is -2.39. The van der Waals surface area contributed by atoms with Gasteiger partial charge in [-0.25, -0.2) is 0 Å². The van der Waals surface area contributed by atoms with Gasteiger partial charge in [0.2, 0.25) is 5.91 Å². The van der Waals surface area contributed by atoms with E-state index in [1.807, 2.05) is 0 Å². The predicted molar refractivity (Wildman–Crippen MR) is 61.2 cm³/mol. The predicted octanol–water partition coefficient (Wildman–Crippen LogP) is 0.311. The second-order valence-corrected chi connectivity index (χ2v) is 5.21. The molecule has 1 aliphatic rings. The Morgan fingerprint density at radius 2 is 2.20 bits per heavy atom. The van der Waals surface area contributed by atoms with Crippen molar-refractivity contribution in [1.29, 1.82) is 0 Å². The van der Waals surface area contributed by atoms with Gasteiger partial charge in [-0.15, -0.1) is 0 Å². The Bertz CT molecular complexity index is 228. The molecule has 1 aliphatic heterocycles. The zero-order valence-corrected chi connectivity index (χ0v) is 9.83. The SMILES string of the molecule is CC(C)(CN)CCCN1CCC1C(N)=O. The molecule has 88 valence electrons. The summed E-state index contributed by atoms with van der Waals surface area (Å²) in [7, 11) is 0. The zero-order chi connectivity index (χ0) is 11.5. The molecule has 0 aromatic heterocycles. The van der Waals surface area contributed by atoms with Crippen LogP contribution in [0.3, 0.4) is 0 Å². The minimum Gasteiger partial charge on any atom is -0.368 e. The normalized spacial score (nSPS) is 22.5. The molecule has 0 spiro atoms. The van der Waals surface area contributed by atoms with Crippen molar-refractivity contribution in [2.24, 2.45) is 16.9 Å². The van der Waals surface area contributed by atoms with Crippen molar-refractivity contribution in [2.75, 3.05) is 19.6 Å².